The van der Waals surface area contributed by atoms with Crippen LogP contribution in [-0.4, -0.2) is 10.8 Å². The maximum atomic E-state index is 13.2. The lowest BCUT2D eigenvalue weighted by molar-refractivity contribution is 0.0667. The van der Waals surface area contributed by atoms with E-state index >= 15 is 0 Å². The number of amides is 1. The zero-order valence-electron chi connectivity index (χ0n) is 14.4. The highest BCUT2D eigenvalue weighted by molar-refractivity contribution is 5.99. The second-order valence-electron chi connectivity index (χ2n) is 6.44. The number of benzene rings is 3. The first-order valence-electron chi connectivity index (χ1n) is 8.64. The Bertz CT molecular complexity index is 924. The Kier molecular flexibility index (Phi) is 4.17. The molecule has 1 aliphatic rings. The van der Waals surface area contributed by atoms with Crippen LogP contribution < -0.4 is 5.32 Å². The van der Waals surface area contributed by atoms with E-state index < -0.39 is 0 Å². The van der Waals surface area contributed by atoms with E-state index in [1.807, 2.05) is 66.4 Å². The summed E-state index contributed by atoms with van der Waals surface area (Å²) in [6, 6.07) is 23.7. The monoisotopic (exact) mass is 346 g/mol. The van der Waals surface area contributed by atoms with Gasteiger partial charge < -0.3 is 10.2 Å². The van der Waals surface area contributed by atoms with Crippen molar-refractivity contribution in [3.63, 3.8) is 0 Å². The van der Waals surface area contributed by atoms with E-state index in [9.17, 15) is 9.18 Å². The summed E-state index contributed by atoms with van der Waals surface area (Å²) in [6.07, 6.45) is -0.306. The number of fused-ring (bicyclic) bond motifs is 1. The molecule has 1 amide bonds. The van der Waals surface area contributed by atoms with E-state index in [1.54, 1.807) is 12.1 Å². The fourth-order valence-corrected chi connectivity index (χ4v) is 3.48. The maximum absolute atomic E-state index is 13.2. The number of carbonyl (C=O) groups excluding carboxylic acids is 1. The Morgan fingerprint density at radius 1 is 0.923 bits per heavy atom. The minimum absolute atomic E-state index is 0.00318. The van der Waals surface area contributed by atoms with Crippen molar-refractivity contribution >= 4 is 11.6 Å². The molecule has 130 valence electrons. The van der Waals surface area contributed by atoms with Crippen molar-refractivity contribution in [3.8, 4) is 0 Å². The topological polar surface area (TPSA) is 32.3 Å². The van der Waals surface area contributed by atoms with Crippen molar-refractivity contribution in [2.75, 3.05) is 5.32 Å². The average Bonchev–Trinajstić information content (AvgIpc) is 2.96. The number of hydrogen-bond acceptors (Lipinski definition) is 2. The Morgan fingerprint density at radius 2 is 1.58 bits per heavy atom. The molecule has 0 spiro atoms. The molecular formula is C22H19FN2O. The number of nitrogens with zero attached hydrogens (tertiary/aromatic N) is 1. The van der Waals surface area contributed by atoms with Gasteiger partial charge in [0.05, 0.1) is 6.04 Å². The number of hydrogen-bond donors (Lipinski definition) is 1. The Morgan fingerprint density at radius 3 is 2.31 bits per heavy atom. The second kappa shape index (κ2) is 6.64. The van der Waals surface area contributed by atoms with Crippen molar-refractivity contribution in [1.82, 2.24) is 4.90 Å². The van der Waals surface area contributed by atoms with Crippen LogP contribution in [0.5, 0.6) is 0 Å². The van der Waals surface area contributed by atoms with Crippen molar-refractivity contribution in [3.05, 3.63) is 101 Å². The molecule has 0 radical (unpaired) electrons. The number of anilines is 1. The zero-order chi connectivity index (χ0) is 18.1. The molecule has 2 unspecified atom stereocenters. The van der Waals surface area contributed by atoms with E-state index in [4.69, 9.17) is 0 Å². The molecule has 1 aliphatic heterocycles. The van der Waals surface area contributed by atoms with Gasteiger partial charge >= 0.3 is 0 Å². The van der Waals surface area contributed by atoms with E-state index in [-0.39, 0.29) is 23.9 Å². The van der Waals surface area contributed by atoms with Gasteiger partial charge in [-0.15, -0.1) is 0 Å². The van der Waals surface area contributed by atoms with E-state index in [2.05, 4.69) is 5.32 Å². The largest absolute Gasteiger partial charge is 0.361 e. The van der Waals surface area contributed by atoms with Crippen LogP contribution in [0.2, 0.25) is 0 Å². The van der Waals surface area contributed by atoms with Gasteiger partial charge in [0, 0.05) is 16.8 Å². The highest BCUT2D eigenvalue weighted by atomic mass is 19.1. The molecule has 4 heteroatoms. The SMILES string of the molecule is CC(c1ccccc1)N1C(=O)c2ccccc2C1Nc1ccc(F)cc1. The second-order valence-corrected chi connectivity index (χ2v) is 6.44. The first-order chi connectivity index (χ1) is 12.6. The first-order valence-corrected chi connectivity index (χ1v) is 8.64. The predicted octanol–water partition coefficient (Wildman–Crippen LogP) is 5.15. The molecule has 3 aromatic rings. The third-order valence-corrected chi connectivity index (χ3v) is 4.85. The van der Waals surface area contributed by atoms with Crippen LogP contribution in [0.3, 0.4) is 0 Å². The lowest BCUT2D eigenvalue weighted by Gasteiger charge is -2.32. The van der Waals surface area contributed by atoms with Crippen molar-refractivity contribution in [2.24, 2.45) is 0 Å². The zero-order valence-corrected chi connectivity index (χ0v) is 14.4. The molecule has 26 heavy (non-hydrogen) atoms. The molecular weight excluding hydrogens is 327 g/mol. The van der Waals surface area contributed by atoms with E-state index in [0.29, 0.717) is 5.56 Å². The van der Waals surface area contributed by atoms with E-state index in [1.165, 1.54) is 12.1 Å². The van der Waals surface area contributed by atoms with Crippen molar-refractivity contribution < 1.29 is 9.18 Å². The summed E-state index contributed by atoms with van der Waals surface area (Å²) in [4.78, 5) is 14.9. The van der Waals surface area contributed by atoms with E-state index in [0.717, 1.165) is 16.8 Å². The molecule has 2 atom stereocenters. The van der Waals surface area contributed by atoms with Crippen LogP contribution in [0, 0.1) is 5.82 Å². The molecule has 4 rings (SSSR count). The van der Waals surface area contributed by atoms with Gasteiger partial charge in [-0.3, -0.25) is 4.79 Å². The molecule has 0 fully saturated rings. The molecule has 1 N–H and O–H groups in total. The quantitative estimate of drug-likeness (QED) is 0.708. The van der Waals surface area contributed by atoms with Gasteiger partial charge in [0.1, 0.15) is 12.0 Å². The molecule has 0 bridgehead atoms. The molecule has 0 aromatic heterocycles. The average molecular weight is 346 g/mol. The van der Waals surface area contributed by atoms with Gasteiger partial charge in [-0.2, -0.15) is 0 Å². The lowest BCUT2D eigenvalue weighted by atomic mass is 10.1. The summed E-state index contributed by atoms with van der Waals surface area (Å²) in [5.74, 6) is -0.287. The summed E-state index contributed by atoms with van der Waals surface area (Å²) in [5.41, 5.74) is 3.48. The lowest BCUT2D eigenvalue weighted by Crippen LogP contribution is -2.34. The Labute approximate surface area is 152 Å². The van der Waals surface area contributed by atoms with Crippen LogP contribution in [0.15, 0.2) is 78.9 Å². The molecule has 0 saturated heterocycles. The van der Waals surface area contributed by atoms with Crippen LogP contribution in [0.4, 0.5) is 10.1 Å². The maximum Gasteiger partial charge on any atom is 0.256 e. The predicted molar refractivity (Wildman–Crippen MR) is 100 cm³/mol. The minimum atomic E-state index is -0.306. The molecule has 3 nitrogen and oxygen atoms in total. The molecule has 1 heterocycles. The fourth-order valence-electron chi connectivity index (χ4n) is 3.48. The minimum Gasteiger partial charge on any atom is -0.361 e. The summed E-state index contributed by atoms with van der Waals surface area (Å²) in [6.45, 7) is 2.03. The fraction of sp³-hybridized carbons (Fsp3) is 0.136. The van der Waals surface area contributed by atoms with Gasteiger partial charge in [0.15, 0.2) is 0 Å². The molecule has 0 saturated carbocycles. The highest BCUT2D eigenvalue weighted by Crippen LogP contribution is 2.40. The third kappa shape index (κ3) is 2.84. The Hall–Kier alpha value is -3.14. The first kappa shape index (κ1) is 16.3. The number of carbonyl (C=O) groups is 1. The summed E-state index contributed by atoms with van der Waals surface area (Å²) in [7, 11) is 0. The normalized spacial score (nSPS) is 17.1. The van der Waals surface area contributed by atoms with Crippen LogP contribution in [0.25, 0.3) is 0 Å². The van der Waals surface area contributed by atoms with Gasteiger partial charge in [0.2, 0.25) is 0 Å². The summed E-state index contributed by atoms with van der Waals surface area (Å²) >= 11 is 0. The van der Waals surface area contributed by atoms with Crippen LogP contribution in [0.1, 0.15) is 40.6 Å². The summed E-state index contributed by atoms with van der Waals surface area (Å²) < 4.78 is 13.2. The van der Waals surface area contributed by atoms with Gasteiger partial charge in [0.25, 0.3) is 5.91 Å². The highest BCUT2D eigenvalue weighted by Gasteiger charge is 2.39. The van der Waals surface area contributed by atoms with Gasteiger partial charge in [-0.1, -0.05) is 48.5 Å². The van der Waals surface area contributed by atoms with Crippen LogP contribution in [-0.2, 0) is 0 Å². The Balaban J connectivity index is 1.73. The third-order valence-electron chi connectivity index (χ3n) is 4.85. The van der Waals surface area contributed by atoms with Crippen molar-refractivity contribution in [1.29, 1.82) is 0 Å². The number of nitrogens with one attached hydrogen (secondary N) is 1. The van der Waals surface area contributed by atoms with Gasteiger partial charge in [-0.25, -0.2) is 4.39 Å². The molecule has 3 aromatic carbocycles. The summed E-state index contributed by atoms with van der Waals surface area (Å²) in [5, 5.41) is 3.39. The smallest absolute Gasteiger partial charge is 0.256 e. The number of rotatable bonds is 4. The van der Waals surface area contributed by atoms with Gasteiger partial charge in [-0.05, 0) is 42.8 Å². The van der Waals surface area contributed by atoms with Crippen molar-refractivity contribution in [2.45, 2.75) is 19.1 Å². The standard InChI is InChI=1S/C22H19FN2O/c1-15(16-7-3-2-4-8-16)25-21(24-18-13-11-17(23)12-14-18)19-9-5-6-10-20(19)22(25)26/h2-15,21,24H,1H3. The molecule has 0 aliphatic carbocycles. The van der Waals surface area contributed by atoms with Crippen LogP contribution >= 0.6 is 0 Å². The number of halogens is 1.